The Labute approximate surface area is 275 Å². The van der Waals surface area contributed by atoms with Crippen LogP contribution in [0.15, 0.2) is 43.2 Å². The molecule has 4 atom stereocenters. The minimum Gasteiger partial charge on any atom is -0.378 e. The topological polar surface area (TPSA) is 130 Å². The second-order valence-corrected chi connectivity index (χ2v) is 15.8. The Bertz CT molecular complexity index is 1760. The van der Waals surface area contributed by atoms with Crippen molar-refractivity contribution in [1.82, 2.24) is 15.0 Å². The van der Waals surface area contributed by atoms with Gasteiger partial charge in [0.05, 0.1) is 23.1 Å². The molecule has 13 heteroatoms. The van der Waals surface area contributed by atoms with Crippen LogP contribution in [0.3, 0.4) is 0 Å². The van der Waals surface area contributed by atoms with Crippen molar-refractivity contribution in [3.63, 3.8) is 0 Å². The lowest BCUT2D eigenvalue weighted by Gasteiger charge is -2.46. The number of amides is 1. The van der Waals surface area contributed by atoms with Gasteiger partial charge >= 0.3 is 0 Å². The molecule has 5 heterocycles. The van der Waals surface area contributed by atoms with Crippen LogP contribution in [0.4, 0.5) is 33.3 Å². The van der Waals surface area contributed by atoms with Crippen molar-refractivity contribution in [3.05, 3.63) is 48.8 Å². The predicted molar refractivity (Wildman–Crippen MR) is 184 cm³/mol. The largest absolute Gasteiger partial charge is 0.378 e. The highest BCUT2D eigenvalue weighted by Crippen LogP contribution is 2.43. The zero-order valence-electron chi connectivity index (χ0n) is 27.4. The van der Waals surface area contributed by atoms with Gasteiger partial charge in [0.2, 0.25) is 11.9 Å². The molecule has 3 aliphatic heterocycles. The minimum absolute atomic E-state index is 0.0502. The molecule has 0 bridgehead atoms. The van der Waals surface area contributed by atoms with E-state index in [0.29, 0.717) is 55.7 Å². The number of nitrogens with zero attached hydrogens (tertiary/aromatic N) is 5. The van der Waals surface area contributed by atoms with Gasteiger partial charge in [-0.3, -0.25) is 4.79 Å². The highest BCUT2D eigenvalue weighted by atomic mass is 32.2. The second kappa shape index (κ2) is 13.3. The molecule has 2 N–H and O–H groups in total. The number of fused-ring (bicyclic) bond motifs is 1. The van der Waals surface area contributed by atoms with Crippen LogP contribution < -0.4 is 20.4 Å². The normalized spacial score (nSPS) is 24.6. The van der Waals surface area contributed by atoms with Crippen LogP contribution in [-0.2, 0) is 19.4 Å². The molecule has 3 saturated heterocycles. The SMILES string of the molecule is C=CC(=O)Nc1cc(N2CC(C3CCCC(C)S3(=O)=O)C2)c2cnc(Nc3ccnc(N4CC[C@@H](OC)[C@@H](F)C4)n3)cc2c1C(C)C. The number of benzene rings is 1. The molecule has 3 aromatic rings. The van der Waals surface area contributed by atoms with E-state index in [0.717, 1.165) is 34.9 Å². The molecule has 252 valence electrons. The summed E-state index contributed by atoms with van der Waals surface area (Å²) in [5.41, 5.74) is 2.52. The van der Waals surface area contributed by atoms with E-state index in [1.165, 1.54) is 13.2 Å². The summed E-state index contributed by atoms with van der Waals surface area (Å²) in [6.45, 7) is 11.6. The number of anilines is 5. The van der Waals surface area contributed by atoms with E-state index in [1.807, 2.05) is 30.2 Å². The number of halogens is 1. The molecule has 0 spiro atoms. The first-order valence-corrected chi connectivity index (χ1v) is 18.0. The van der Waals surface area contributed by atoms with Crippen LogP contribution in [0.25, 0.3) is 10.8 Å². The number of alkyl halides is 1. The van der Waals surface area contributed by atoms with Crippen LogP contribution in [0.2, 0.25) is 0 Å². The number of pyridine rings is 1. The predicted octanol–water partition coefficient (Wildman–Crippen LogP) is 5.37. The lowest BCUT2D eigenvalue weighted by atomic mass is 9.89. The summed E-state index contributed by atoms with van der Waals surface area (Å²) in [6, 6.07) is 5.66. The van der Waals surface area contributed by atoms with E-state index < -0.39 is 22.1 Å². The fourth-order valence-electron chi connectivity index (χ4n) is 7.27. The summed E-state index contributed by atoms with van der Waals surface area (Å²) in [5, 5.41) is 7.50. The highest BCUT2D eigenvalue weighted by Gasteiger charge is 2.45. The van der Waals surface area contributed by atoms with E-state index in [2.05, 4.69) is 45.9 Å². The maximum Gasteiger partial charge on any atom is 0.247 e. The molecular formula is C34H44FN7O4S. The van der Waals surface area contributed by atoms with E-state index in [1.54, 1.807) is 12.3 Å². The van der Waals surface area contributed by atoms with Gasteiger partial charge in [0, 0.05) is 61.8 Å². The van der Waals surface area contributed by atoms with Gasteiger partial charge in [-0.05, 0) is 67.3 Å². The maximum atomic E-state index is 14.6. The van der Waals surface area contributed by atoms with Crippen molar-refractivity contribution < 1.29 is 22.3 Å². The van der Waals surface area contributed by atoms with Crippen molar-refractivity contribution in [2.24, 2.45) is 5.92 Å². The number of carbonyl (C=O) groups is 1. The number of nitrogens with one attached hydrogen (secondary N) is 2. The van der Waals surface area contributed by atoms with Gasteiger partial charge in [0.25, 0.3) is 0 Å². The first-order chi connectivity index (χ1) is 22.5. The number of rotatable bonds is 9. The lowest BCUT2D eigenvalue weighted by molar-refractivity contribution is -0.111. The molecular weight excluding hydrogens is 621 g/mol. The van der Waals surface area contributed by atoms with Crippen LogP contribution in [0.1, 0.15) is 57.9 Å². The second-order valence-electron chi connectivity index (χ2n) is 13.2. The molecule has 47 heavy (non-hydrogen) atoms. The van der Waals surface area contributed by atoms with Crippen molar-refractivity contribution >= 4 is 55.5 Å². The molecule has 2 unspecified atom stereocenters. The number of methoxy groups -OCH3 is 1. The van der Waals surface area contributed by atoms with Crippen molar-refractivity contribution in [2.75, 3.05) is 53.7 Å². The maximum absolute atomic E-state index is 14.6. The number of hydrogen-bond donors (Lipinski definition) is 2. The smallest absolute Gasteiger partial charge is 0.247 e. The Hall–Kier alpha value is -3.84. The Morgan fingerprint density at radius 3 is 2.60 bits per heavy atom. The molecule has 11 nitrogen and oxygen atoms in total. The monoisotopic (exact) mass is 665 g/mol. The van der Waals surface area contributed by atoms with Gasteiger partial charge in [-0.25, -0.2) is 22.8 Å². The van der Waals surface area contributed by atoms with Crippen LogP contribution >= 0.6 is 0 Å². The van der Waals surface area contributed by atoms with Crippen molar-refractivity contribution in [1.29, 1.82) is 0 Å². The summed E-state index contributed by atoms with van der Waals surface area (Å²) >= 11 is 0. The first kappa shape index (κ1) is 33.1. The van der Waals surface area contributed by atoms with E-state index >= 15 is 0 Å². The minimum atomic E-state index is -3.16. The molecule has 0 saturated carbocycles. The molecule has 1 aromatic carbocycles. The van der Waals surface area contributed by atoms with Gasteiger partial charge in [-0.15, -0.1) is 0 Å². The third kappa shape index (κ3) is 6.52. The van der Waals surface area contributed by atoms with E-state index in [4.69, 9.17) is 9.72 Å². The molecule has 1 amide bonds. The van der Waals surface area contributed by atoms with Crippen molar-refractivity contribution in [2.45, 2.75) is 75.1 Å². The molecule has 0 aliphatic carbocycles. The zero-order valence-corrected chi connectivity index (χ0v) is 28.3. The summed E-state index contributed by atoms with van der Waals surface area (Å²) in [7, 11) is -1.63. The average molecular weight is 666 g/mol. The summed E-state index contributed by atoms with van der Waals surface area (Å²) in [5.74, 6) is 1.28. The van der Waals surface area contributed by atoms with E-state index in [9.17, 15) is 17.6 Å². The quantitative estimate of drug-likeness (QED) is 0.288. The Morgan fingerprint density at radius 1 is 1.11 bits per heavy atom. The molecule has 2 aromatic heterocycles. The zero-order chi connectivity index (χ0) is 33.5. The Morgan fingerprint density at radius 2 is 1.89 bits per heavy atom. The third-order valence-electron chi connectivity index (χ3n) is 9.89. The van der Waals surface area contributed by atoms with Gasteiger partial charge in [0.1, 0.15) is 17.8 Å². The lowest BCUT2D eigenvalue weighted by Crippen LogP contribution is -2.56. The fraction of sp³-hybridized carbons (Fsp3) is 0.529. The molecule has 3 aliphatic rings. The van der Waals surface area contributed by atoms with Gasteiger partial charge in [-0.2, -0.15) is 4.98 Å². The number of ether oxygens (including phenoxy) is 1. The standard InChI is InChI=1S/C34H44FN7O4S/c1-6-32(43)38-26-15-27(42-17-22(18-42)29-9-7-8-21(4)47(29,44)45)24-16-37-31(14-23(24)33(26)20(2)3)39-30-10-12-36-34(40-30)41-13-11-28(46-5)25(35)19-41/h6,10,12,14-16,20-22,25,28-29H,1,7-9,11,13,17-19H2,2-5H3,(H,38,43)(H,36,37,39,40)/t21?,25-,28+,29?/m0/s1. The van der Waals surface area contributed by atoms with Crippen LogP contribution in [0, 0.1) is 5.92 Å². The fourth-order valence-corrected chi connectivity index (χ4v) is 9.57. The van der Waals surface area contributed by atoms with Gasteiger partial charge < -0.3 is 25.2 Å². The van der Waals surface area contributed by atoms with Gasteiger partial charge in [0.15, 0.2) is 9.84 Å². The number of hydrogen-bond acceptors (Lipinski definition) is 10. The first-order valence-electron chi connectivity index (χ1n) is 16.4. The summed E-state index contributed by atoms with van der Waals surface area (Å²) in [4.78, 5) is 30.3. The number of carbonyl (C=O) groups excluding carboxylic acids is 1. The van der Waals surface area contributed by atoms with Crippen LogP contribution in [0.5, 0.6) is 0 Å². The van der Waals surface area contributed by atoms with Crippen LogP contribution in [-0.4, -0.2) is 85.3 Å². The Balaban J connectivity index is 1.32. The molecule has 6 rings (SSSR count). The Kier molecular flexibility index (Phi) is 9.39. The van der Waals surface area contributed by atoms with Crippen molar-refractivity contribution in [3.8, 4) is 0 Å². The number of aromatic nitrogens is 3. The number of piperidine rings is 1. The summed E-state index contributed by atoms with van der Waals surface area (Å²) < 4.78 is 46.1. The molecule has 0 radical (unpaired) electrons. The third-order valence-corrected chi connectivity index (χ3v) is 12.7. The van der Waals surface area contributed by atoms with Gasteiger partial charge in [-0.1, -0.05) is 26.8 Å². The molecule has 3 fully saturated rings. The average Bonchev–Trinajstić information content (AvgIpc) is 3.02. The van der Waals surface area contributed by atoms with E-state index in [-0.39, 0.29) is 34.8 Å². The summed E-state index contributed by atoms with van der Waals surface area (Å²) in [6.07, 6.45) is 6.05. The highest BCUT2D eigenvalue weighted by molar-refractivity contribution is 7.92. The number of sulfone groups is 1.